The minimum atomic E-state index is -0.0437. The van der Waals surface area contributed by atoms with Gasteiger partial charge in [0, 0.05) is 24.2 Å². The van der Waals surface area contributed by atoms with E-state index in [1.807, 2.05) is 12.1 Å². The van der Waals surface area contributed by atoms with E-state index in [-0.39, 0.29) is 5.91 Å². The van der Waals surface area contributed by atoms with Gasteiger partial charge in [-0.3, -0.25) is 4.79 Å². The lowest BCUT2D eigenvalue weighted by atomic mass is 10.2. The van der Waals surface area contributed by atoms with Gasteiger partial charge in [-0.1, -0.05) is 0 Å². The molecule has 0 spiro atoms. The number of hydrogen-bond donors (Lipinski definition) is 1. The van der Waals surface area contributed by atoms with Crippen molar-refractivity contribution in [2.75, 3.05) is 18.0 Å². The van der Waals surface area contributed by atoms with Crippen LogP contribution in [-0.4, -0.2) is 24.0 Å². The molecule has 1 fully saturated rings. The minimum Gasteiger partial charge on any atom is -0.356 e. The Morgan fingerprint density at radius 1 is 1.38 bits per heavy atom. The molecule has 0 bridgehead atoms. The second kappa shape index (κ2) is 6.26. The van der Waals surface area contributed by atoms with Crippen LogP contribution in [0.2, 0.25) is 0 Å². The van der Waals surface area contributed by atoms with Gasteiger partial charge < -0.3 is 10.2 Å². The summed E-state index contributed by atoms with van der Waals surface area (Å²) in [5.74, 6) is 0.771. The first-order chi connectivity index (χ1) is 10.3. The van der Waals surface area contributed by atoms with Crippen LogP contribution in [0, 0.1) is 6.92 Å². The molecule has 110 valence electrons. The lowest BCUT2D eigenvalue weighted by molar-refractivity contribution is 0.0951. The van der Waals surface area contributed by atoms with Crippen molar-refractivity contribution >= 4 is 23.1 Å². The lowest BCUT2D eigenvalue weighted by Gasteiger charge is -2.19. The smallest absolute Gasteiger partial charge is 0.255 e. The summed E-state index contributed by atoms with van der Waals surface area (Å²) in [5.41, 5.74) is 1.90. The molecule has 1 saturated heterocycles. The molecule has 0 radical (unpaired) electrons. The summed E-state index contributed by atoms with van der Waals surface area (Å²) in [6.45, 7) is 4.62. The predicted molar refractivity (Wildman–Crippen MR) is 85.9 cm³/mol. The fourth-order valence-corrected chi connectivity index (χ4v) is 3.44. The van der Waals surface area contributed by atoms with E-state index >= 15 is 0 Å². The molecule has 21 heavy (non-hydrogen) atoms. The first-order valence-electron chi connectivity index (χ1n) is 7.27. The SMILES string of the molecule is Cc1ccsc1CNC(=O)c1cccnc1N1CCCC1. The Balaban J connectivity index is 1.73. The van der Waals surface area contributed by atoms with Crippen molar-refractivity contribution in [3.8, 4) is 0 Å². The summed E-state index contributed by atoms with van der Waals surface area (Å²) in [4.78, 5) is 20.3. The van der Waals surface area contributed by atoms with Gasteiger partial charge in [-0.15, -0.1) is 11.3 Å². The van der Waals surface area contributed by atoms with E-state index in [9.17, 15) is 4.79 Å². The maximum Gasteiger partial charge on any atom is 0.255 e. The number of aromatic nitrogens is 1. The monoisotopic (exact) mass is 301 g/mol. The Morgan fingerprint density at radius 2 is 2.19 bits per heavy atom. The van der Waals surface area contributed by atoms with Crippen molar-refractivity contribution < 1.29 is 4.79 Å². The Bertz CT molecular complexity index is 632. The molecule has 1 amide bonds. The summed E-state index contributed by atoms with van der Waals surface area (Å²) in [5, 5.41) is 5.06. The van der Waals surface area contributed by atoms with Gasteiger partial charge in [-0.05, 0) is 48.9 Å². The van der Waals surface area contributed by atoms with Crippen LogP contribution in [0.3, 0.4) is 0 Å². The normalized spacial score (nSPS) is 14.4. The van der Waals surface area contributed by atoms with Gasteiger partial charge in [-0.2, -0.15) is 0 Å². The zero-order chi connectivity index (χ0) is 14.7. The third-order valence-electron chi connectivity index (χ3n) is 3.81. The van der Waals surface area contributed by atoms with Gasteiger partial charge in [0.2, 0.25) is 0 Å². The van der Waals surface area contributed by atoms with Crippen LogP contribution in [0.1, 0.15) is 33.6 Å². The van der Waals surface area contributed by atoms with E-state index in [1.54, 1.807) is 17.5 Å². The van der Waals surface area contributed by atoms with Gasteiger partial charge in [-0.25, -0.2) is 4.98 Å². The van der Waals surface area contributed by atoms with E-state index in [2.05, 4.69) is 33.6 Å². The molecular weight excluding hydrogens is 282 g/mol. The van der Waals surface area contributed by atoms with Crippen LogP contribution < -0.4 is 10.2 Å². The molecule has 0 atom stereocenters. The molecule has 0 aliphatic carbocycles. The van der Waals surface area contributed by atoms with Gasteiger partial charge in [0.15, 0.2) is 0 Å². The zero-order valence-electron chi connectivity index (χ0n) is 12.1. The summed E-state index contributed by atoms with van der Waals surface area (Å²) in [6, 6.07) is 5.76. The van der Waals surface area contributed by atoms with Crippen molar-refractivity contribution in [3.63, 3.8) is 0 Å². The highest BCUT2D eigenvalue weighted by atomic mass is 32.1. The molecule has 1 aliphatic rings. The number of pyridine rings is 1. The number of rotatable bonds is 4. The summed E-state index contributed by atoms with van der Waals surface area (Å²) >= 11 is 1.68. The molecule has 1 aliphatic heterocycles. The second-order valence-corrected chi connectivity index (χ2v) is 6.28. The van der Waals surface area contributed by atoms with Gasteiger partial charge in [0.25, 0.3) is 5.91 Å². The molecule has 3 heterocycles. The van der Waals surface area contributed by atoms with Crippen LogP contribution in [-0.2, 0) is 6.54 Å². The standard InChI is InChI=1S/C16H19N3OS/c1-12-6-10-21-14(12)11-18-16(20)13-5-4-7-17-15(13)19-8-2-3-9-19/h4-7,10H,2-3,8-9,11H2,1H3,(H,18,20). The number of aryl methyl sites for hydroxylation is 1. The van der Waals surface area contributed by atoms with Gasteiger partial charge >= 0.3 is 0 Å². The zero-order valence-corrected chi connectivity index (χ0v) is 12.9. The third-order valence-corrected chi connectivity index (χ3v) is 4.84. The summed E-state index contributed by atoms with van der Waals surface area (Å²) in [6.07, 6.45) is 4.10. The maximum atomic E-state index is 12.5. The Labute approximate surface area is 128 Å². The Morgan fingerprint density at radius 3 is 2.90 bits per heavy atom. The molecule has 5 heteroatoms. The first-order valence-corrected chi connectivity index (χ1v) is 8.15. The first kappa shape index (κ1) is 14.1. The predicted octanol–water partition coefficient (Wildman–Crippen LogP) is 2.98. The number of nitrogens with zero attached hydrogens (tertiary/aromatic N) is 2. The number of carbonyl (C=O) groups is 1. The van der Waals surface area contributed by atoms with E-state index in [0.29, 0.717) is 12.1 Å². The number of anilines is 1. The molecule has 2 aromatic heterocycles. The number of nitrogens with one attached hydrogen (secondary N) is 1. The quantitative estimate of drug-likeness (QED) is 0.944. The molecule has 0 aromatic carbocycles. The lowest BCUT2D eigenvalue weighted by Crippen LogP contribution is -2.27. The molecular formula is C16H19N3OS. The van der Waals surface area contributed by atoms with E-state index in [4.69, 9.17) is 0 Å². The van der Waals surface area contributed by atoms with Crippen molar-refractivity contribution in [1.29, 1.82) is 0 Å². The van der Waals surface area contributed by atoms with Crippen LogP contribution in [0.25, 0.3) is 0 Å². The second-order valence-electron chi connectivity index (χ2n) is 5.28. The maximum absolute atomic E-state index is 12.5. The Kier molecular flexibility index (Phi) is 4.20. The van der Waals surface area contributed by atoms with Crippen molar-refractivity contribution in [1.82, 2.24) is 10.3 Å². The highest BCUT2D eigenvalue weighted by Gasteiger charge is 2.20. The highest BCUT2D eigenvalue weighted by molar-refractivity contribution is 7.10. The highest BCUT2D eigenvalue weighted by Crippen LogP contribution is 2.22. The van der Waals surface area contributed by atoms with E-state index in [0.717, 1.165) is 18.9 Å². The van der Waals surface area contributed by atoms with Crippen molar-refractivity contribution in [2.45, 2.75) is 26.3 Å². The minimum absolute atomic E-state index is 0.0437. The fourth-order valence-electron chi connectivity index (χ4n) is 2.60. The topological polar surface area (TPSA) is 45.2 Å². The van der Waals surface area contributed by atoms with Crippen LogP contribution in [0.4, 0.5) is 5.82 Å². The summed E-state index contributed by atoms with van der Waals surface area (Å²) < 4.78 is 0. The molecule has 4 nitrogen and oxygen atoms in total. The molecule has 2 aromatic rings. The fraction of sp³-hybridized carbons (Fsp3) is 0.375. The number of hydrogen-bond acceptors (Lipinski definition) is 4. The van der Waals surface area contributed by atoms with Crippen LogP contribution in [0.5, 0.6) is 0 Å². The molecule has 1 N–H and O–H groups in total. The average Bonchev–Trinajstić information content (AvgIpc) is 3.16. The Hall–Kier alpha value is -1.88. The molecule has 3 rings (SSSR count). The van der Waals surface area contributed by atoms with Crippen molar-refractivity contribution in [3.05, 3.63) is 45.8 Å². The number of carbonyl (C=O) groups excluding carboxylic acids is 1. The van der Waals surface area contributed by atoms with Gasteiger partial charge in [0.05, 0.1) is 12.1 Å². The number of amides is 1. The van der Waals surface area contributed by atoms with Gasteiger partial charge in [0.1, 0.15) is 5.82 Å². The van der Waals surface area contributed by atoms with Crippen molar-refractivity contribution in [2.24, 2.45) is 0 Å². The number of thiophene rings is 1. The molecule has 0 unspecified atom stereocenters. The van der Waals surface area contributed by atoms with Crippen LogP contribution >= 0.6 is 11.3 Å². The summed E-state index contributed by atoms with van der Waals surface area (Å²) in [7, 11) is 0. The molecule has 0 saturated carbocycles. The largest absolute Gasteiger partial charge is 0.356 e. The third kappa shape index (κ3) is 3.08. The van der Waals surface area contributed by atoms with E-state index in [1.165, 1.54) is 23.3 Å². The van der Waals surface area contributed by atoms with E-state index < -0.39 is 0 Å². The average molecular weight is 301 g/mol. The van der Waals surface area contributed by atoms with Crippen LogP contribution in [0.15, 0.2) is 29.8 Å².